The molecule has 0 rings (SSSR count). The van der Waals surface area contributed by atoms with Gasteiger partial charge < -0.3 is 0 Å². The Balaban J connectivity index is 4.02. The van der Waals surface area contributed by atoms with Gasteiger partial charge in [-0.25, -0.2) is 4.39 Å². The lowest BCUT2D eigenvalue weighted by Crippen LogP contribution is -2.25. The fourth-order valence-electron chi connectivity index (χ4n) is 0. The number of alkyl halides is 6. The molecule has 0 aliphatic carbocycles. The molecule has 50 valence electrons. The minimum Gasteiger partial charge on any atom is -0.212 e. The van der Waals surface area contributed by atoms with Crippen LogP contribution in [0.4, 0.5) is 13.2 Å². The van der Waals surface area contributed by atoms with E-state index in [1.165, 1.54) is 0 Å². The van der Waals surface area contributed by atoms with Gasteiger partial charge in [-0.3, -0.25) is 0 Å². The first-order valence-corrected chi connectivity index (χ1v) is 4.33. The molecular formula is C2BrF3I2. The Labute approximate surface area is 80.0 Å². The number of hydrogen-bond acceptors (Lipinski definition) is 0. The van der Waals surface area contributed by atoms with E-state index in [0.29, 0.717) is 0 Å². The van der Waals surface area contributed by atoms with E-state index < -0.39 is 6.51 Å². The summed E-state index contributed by atoms with van der Waals surface area (Å²) in [7, 11) is 0. The quantitative estimate of drug-likeness (QED) is 0.455. The van der Waals surface area contributed by atoms with Gasteiger partial charge in [0.15, 0.2) is 0 Å². The lowest BCUT2D eigenvalue weighted by Gasteiger charge is -2.15. The monoisotopic (exact) mass is 414 g/mol. The van der Waals surface area contributed by atoms with E-state index in [1.807, 2.05) is 0 Å². The summed E-state index contributed by atoms with van der Waals surface area (Å²) in [6.45, 7) is 0. The molecule has 0 aromatic heterocycles. The molecule has 0 radical (unpaired) electrons. The normalized spacial score (nSPS) is 20.2. The Bertz CT molecular complexity index is 70.3. The lowest BCUT2D eigenvalue weighted by atomic mass is 10.8. The molecular weight excluding hydrogens is 415 g/mol. The summed E-state index contributed by atoms with van der Waals surface area (Å²) in [6.07, 6.45) is 0. The van der Waals surface area contributed by atoms with Gasteiger partial charge in [0.1, 0.15) is 0 Å². The van der Waals surface area contributed by atoms with Crippen molar-refractivity contribution in [1.82, 2.24) is 0 Å². The molecule has 0 aliphatic rings. The number of rotatable bonds is 1. The molecule has 0 bridgehead atoms. The maximum absolute atomic E-state index is 12.0. The standard InChI is InChI=1S/C2BrF3I2/c3-1(4,7)2(5,6)8. The molecule has 0 saturated carbocycles. The van der Waals surface area contributed by atoms with Crippen molar-refractivity contribution in [3.8, 4) is 0 Å². The van der Waals surface area contributed by atoms with Crippen molar-refractivity contribution >= 4 is 61.1 Å². The maximum Gasteiger partial charge on any atom is 0.348 e. The highest BCUT2D eigenvalue weighted by Crippen LogP contribution is 2.47. The fourth-order valence-corrected chi connectivity index (χ4v) is 0. The summed E-state index contributed by atoms with van der Waals surface area (Å²) >= 11 is 3.86. The Hall–Kier alpha value is 1.73. The van der Waals surface area contributed by atoms with Crippen LogP contribution in [0.15, 0.2) is 0 Å². The van der Waals surface area contributed by atoms with Crippen molar-refractivity contribution in [3.63, 3.8) is 0 Å². The third-order valence-corrected chi connectivity index (χ3v) is 4.01. The third kappa shape index (κ3) is 3.04. The average molecular weight is 415 g/mol. The van der Waals surface area contributed by atoms with Gasteiger partial charge in [0.05, 0.1) is 0 Å². The van der Waals surface area contributed by atoms with Crippen LogP contribution in [0.25, 0.3) is 0 Å². The Morgan fingerprint density at radius 2 is 1.25 bits per heavy atom. The first-order valence-electron chi connectivity index (χ1n) is 1.38. The van der Waals surface area contributed by atoms with E-state index in [9.17, 15) is 13.2 Å². The van der Waals surface area contributed by atoms with Crippen LogP contribution in [0.1, 0.15) is 0 Å². The molecule has 0 aliphatic heterocycles. The molecule has 0 heterocycles. The van der Waals surface area contributed by atoms with Crippen LogP contribution in [0, 0.1) is 0 Å². The Morgan fingerprint density at radius 3 is 1.25 bits per heavy atom. The lowest BCUT2D eigenvalue weighted by molar-refractivity contribution is 0.0714. The highest BCUT2D eigenvalue weighted by Gasteiger charge is 2.48. The van der Waals surface area contributed by atoms with E-state index in [0.717, 1.165) is 45.2 Å². The van der Waals surface area contributed by atoms with Gasteiger partial charge in [-0.1, -0.05) is 0 Å². The van der Waals surface area contributed by atoms with Crippen LogP contribution in [0.2, 0.25) is 0 Å². The third-order valence-electron chi connectivity index (χ3n) is 0.321. The van der Waals surface area contributed by atoms with Crippen LogP contribution < -0.4 is 0 Å². The van der Waals surface area contributed by atoms with Crippen molar-refractivity contribution < 1.29 is 13.2 Å². The SMILES string of the molecule is FC(F)(I)C(F)(Br)I. The molecule has 0 aromatic carbocycles. The van der Waals surface area contributed by atoms with E-state index >= 15 is 0 Å². The molecule has 0 fully saturated rings. The molecule has 8 heavy (non-hydrogen) atoms. The van der Waals surface area contributed by atoms with E-state index in [-0.39, 0.29) is 0 Å². The van der Waals surface area contributed by atoms with Gasteiger partial charge >= 0.3 is 3.93 Å². The van der Waals surface area contributed by atoms with Crippen LogP contribution in [0.5, 0.6) is 0 Å². The van der Waals surface area contributed by atoms with E-state index in [2.05, 4.69) is 15.9 Å². The molecule has 0 amide bonds. The Kier molecular flexibility index (Phi) is 3.37. The molecule has 0 nitrogen and oxygen atoms in total. The summed E-state index contributed by atoms with van der Waals surface area (Å²) in [6, 6.07) is 0. The molecule has 0 aromatic rings. The van der Waals surface area contributed by atoms with E-state index in [4.69, 9.17) is 0 Å². The summed E-state index contributed by atoms with van der Waals surface area (Å²) < 4.78 is 29.6. The Morgan fingerprint density at radius 1 is 1.12 bits per heavy atom. The van der Waals surface area contributed by atoms with Gasteiger partial charge in [0.25, 0.3) is 2.58 Å². The average Bonchev–Trinajstić information content (AvgIpc) is 1.25. The van der Waals surface area contributed by atoms with Crippen LogP contribution in [-0.4, -0.2) is 6.51 Å². The maximum atomic E-state index is 12.0. The first-order chi connectivity index (χ1) is 3.25. The molecule has 1 atom stereocenters. The van der Waals surface area contributed by atoms with Crippen molar-refractivity contribution in [3.05, 3.63) is 0 Å². The van der Waals surface area contributed by atoms with E-state index in [1.54, 1.807) is 0 Å². The largest absolute Gasteiger partial charge is 0.348 e. The fraction of sp³-hybridized carbons (Fsp3) is 1.00. The number of hydrogen-bond donors (Lipinski definition) is 0. The van der Waals surface area contributed by atoms with Crippen molar-refractivity contribution in [2.75, 3.05) is 0 Å². The van der Waals surface area contributed by atoms with Crippen molar-refractivity contribution in [2.24, 2.45) is 0 Å². The highest BCUT2D eigenvalue weighted by atomic mass is 127. The predicted molar refractivity (Wildman–Crippen MR) is 45.8 cm³/mol. The summed E-state index contributed by atoms with van der Waals surface area (Å²) in [5.41, 5.74) is 0. The molecule has 0 saturated heterocycles. The van der Waals surface area contributed by atoms with Crippen molar-refractivity contribution in [1.29, 1.82) is 0 Å². The topological polar surface area (TPSA) is 0 Å². The molecule has 0 spiro atoms. The second-order valence-corrected chi connectivity index (χ2v) is 6.41. The van der Waals surface area contributed by atoms with Gasteiger partial charge in [0, 0.05) is 22.6 Å². The van der Waals surface area contributed by atoms with Gasteiger partial charge in [-0.05, 0) is 38.5 Å². The molecule has 0 N–H and O–H groups in total. The van der Waals surface area contributed by atoms with Gasteiger partial charge in [0.2, 0.25) is 0 Å². The van der Waals surface area contributed by atoms with Gasteiger partial charge in [-0.2, -0.15) is 8.78 Å². The van der Waals surface area contributed by atoms with Gasteiger partial charge in [-0.15, -0.1) is 0 Å². The predicted octanol–water partition coefficient (Wildman–Crippen LogP) is 3.47. The zero-order valence-electron chi connectivity index (χ0n) is 3.27. The molecule has 1 unspecified atom stereocenters. The van der Waals surface area contributed by atoms with Crippen LogP contribution in [-0.2, 0) is 0 Å². The zero-order chi connectivity index (χ0) is 7.00. The highest BCUT2D eigenvalue weighted by molar-refractivity contribution is 14.1. The zero-order valence-corrected chi connectivity index (χ0v) is 9.17. The smallest absolute Gasteiger partial charge is 0.212 e. The van der Waals surface area contributed by atoms with Crippen LogP contribution in [0.3, 0.4) is 0 Å². The second-order valence-electron chi connectivity index (χ2n) is 0.996. The summed E-state index contributed by atoms with van der Waals surface area (Å²) in [5, 5.41) is 0. The molecule has 6 heteroatoms. The first kappa shape index (κ1) is 9.73. The number of halogens is 6. The minimum atomic E-state index is -3.36. The second kappa shape index (κ2) is 2.77. The van der Waals surface area contributed by atoms with Crippen molar-refractivity contribution in [2.45, 2.75) is 6.51 Å². The summed E-state index contributed by atoms with van der Waals surface area (Å²) in [4.78, 5) is 0. The summed E-state index contributed by atoms with van der Waals surface area (Å²) in [5.74, 6) is 0. The van der Waals surface area contributed by atoms with Crippen LogP contribution >= 0.6 is 61.1 Å². The minimum absolute atomic E-state index is 0.721.